The second kappa shape index (κ2) is 8.09. The first-order valence-electron chi connectivity index (χ1n) is 6.92. The third-order valence-electron chi connectivity index (χ3n) is 2.91. The van der Waals surface area contributed by atoms with Crippen molar-refractivity contribution in [3.8, 4) is 5.75 Å². The van der Waals surface area contributed by atoms with Crippen molar-refractivity contribution in [3.63, 3.8) is 0 Å². The van der Waals surface area contributed by atoms with Crippen LogP contribution in [-0.4, -0.2) is 24.1 Å². The van der Waals surface area contributed by atoms with Gasteiger partial charge in [0, 0.05) is 10.4 Å². The van der Waals surface area contributed by atoms with Gasteiger partial charge in [0.05, 0.1) is 12.1 Å². The number of rotatable bonds is 7. The maximum Gasteiger partial charge on any atom is 0.255 e. The molecule has 6 nitrogen and oxygen atoms in total. The monoisotopic (exact) mass is 331 g/mol. The highest BCUT2D eigenvalue weighted by molar-refractivity contribution is 7.10. The lowest BCUT2D eigenvalue weighted by Crippen LogP contribution is -2.22. The third-order valence-corrected chi connectivity index (χ3v) is 3.79. The molecule has 0 atom stereocenters. The number of carbonyl (C=O) groups is 2. The van der Waals surface area contributed by atoms with Crippen molar-refractivity contribution >= 4 is 28.9 Å². The van der Waals surface area contributed by atoms with Crippen molar-refractivity contribution < 1.29 is 14.3 Å². The summed E-state index contributed by atoms with van der Waals surface area (Å²) in [4.78, 5) is 23.6. The van der Waals surface area contributed by atoms with Gasteiger partial charge in [-0.15, -0.1) is 11.3 Å². The Bertz CT molecular complexity index is 711. The van der Waals surface area contributed by atoms with Crippen LogP contribution in [0.1, 0.15) is 17.4 Å². The first-order valence-corrected chi connectivity index (χ1v) is 7.80. The molecule has 7 heteroatoms. The smallest absolute Gasteiger partial charge is 0.255 e. The molecule has 2 amide bonds. The predicted octanol–water partition coefficient (Wildman–Crippen LogP) is 1.70. The Labute approximate surface area is 138 Å². The van der Waals surface area contributed by atoms with E-state index in [9.17, 15) is 9.59 Å². The molecule has 0 aliphatic carbocycles. The molecule has 1 heterocycles. The van der Waals surface area contributed by atoms with E-state index in [-0.39, 0.29) is 18.9 Å². The van der Waals surface area contributed by atoms with Crippen molar-refractivity contribution in [1.29, 1.82) is 0 Å². The SMILES string of the molecule is C/C(=N/NC(=O)Cc1cccs1)c1ccccc1OCC(N)=O. The van der Waals surface area contributed by atoms with Crippen molar-refractivity contribution in [3.05, 3.63) is 52.2 Å². The summed E-state index contributed by atoms with van der Waals surface area (Å²) in [5.41, 5.74) is 8.86. The number of nitrogens with one attached hydrogen (secondary N) is 1. The number of benzene rings is 1. The zero-order valence-electron chi connectivity index (χ0n) is 12.6. The minimum absolute atomic E-state index is 0.192. The summed E-state index contributed by atoms with van der Waals surface area (Å²) < 4.78 is 5.35. The van der Waals surface area contributed by atoms with E-state index in [1.54, 1.807) is 25.1 Å². The summed E-state index contributed by atoms with van der Waals surface area (Å²) in [5, 5.41) is 6.01. The quantitative estimate of drug-likeness (QED) is 0.597. The Kier molecular flexibility index (Phi) is 5.87. The van der Waals surface area contributed by atoms with Crippen LogP contribution < -0.4 is 15.9 Å². The number of amides is 2. The minimum atomic E-state index is -0.557. The maximum absolute atomic E-state index is 11.8. The molecular weight excluding hydrogens is 314 g/mol. The molecule has 3 N–H and O–H groups in total. The summed E-state index contributed by atoms with van der Waals surface area (Å²) in [7, 11) is 0. The predicted molar refractivity (Wildman–Crippen MR) is 89.5 cm³/mol. The van der Waals surface area contributed by atoms with Gasteiger partial charge in [-0.05, 0) is 30.5 Å². The van der Waals surface area contributed by atoms with E-state index >= 15 is 0 Å². The van der Waals surface area contributed by atoms with Crippen LogP contribution in [-0.2, 0) is 16.0 Å². The highest BCUT2D eigenvalue weighted by atomic mass is 32.1. The number of hydrazone groups is 1. The van der Waals surface area contributed by atoms with E-state index in [4.69, 9.17) is 10.5 Å². The fourth-order valence-electron chi connectivity index (χ4n) is 1.86. The lowest BCUT2D eigenvalue weighted by Gasteiger charge is -2.10. The van der Waals surface area contributed by atoms with E-state index < -0.39 is 5.91 Å². The molecule has 120 valence electrons. The third kappa shape index (κ3) is 5.23. The first-order chi connectivity index (χ1) is 11.1. The Morgan fingerprint density at radius 2 is 2.04 bits per heavy atom. The molecule has 0 radical (unpaired) electrons. The van der Waals surface area contributed by atoms with Crippen LogP contribution >= 0.6 is 11.3 Å². The standard InChI is InChI=1S/C16H17N3O3S/c1-11(18-19-16(21)9-12-5-4-8-23-12)13-6-2-3-7-14(13)22-10-15(17)20/h2-8H,9-10H2,1H3,(H2,17,20)(H,19,21)/b18-11-. The van der Waals surface area contributed by atoms with Crippen LogP contribution in [0.3, 0.4) is 0 Å². The summed E-state index contributed by atoms with van der Waals surface area (Å²) in [6.07, 6.45) is 0.286. The summed E-state index contributed by atoms with van der Waals surface area (Å²) in [6, 6.07) is 10.9. The van der Waals surface area contributed by atoms with Crippen LogP contribution in [0.5, 0.6) is 5.75 Å². The number of carbonyl (C=O) groups excluding carboxylic acids is 2. The highest BCUT2D eigenvalue weighted by Crippen LogP contribution is 2.18. The van der Waals surface area contributed by atoms with Crippen molar-refractivity contribution in [1.82, 2.24) is 5.43 Å². The second-order valence-corrected chi connectivity index (χ2v) is 5.77. The molecule has 0 saturated carbocycles. The maximum atomic E-state index is 11.8. The Morgan fingerprint density at radius 3 is 2.74 bits per heavy atom. The van der Waals surface area contributed by atoms with E-state index in [1.807, 2.05) is 23.6 Å². The molecule has 2 rings (SSSR count). The van der Waals surface area contributed by atoms with E-state index in [1.165, 1.54) is 11.3 Å². The molecule has 1 aromatic heterocycles. The van der Waals surface area contributed by atoms with E-state index in [0.29, 0.717) is 17.0 Å². The molecular formula is C16H17N3O3S. The number of primary amides is 1. The summed E-state index contributed by atoms with van der Waals surface area (Å²) in [5.74, 6) is -0.263. The molecule has 0 bridgehead atoms. The number of para-hydroxylation sites is 1. The van der Waals surface area contributed by atoms with Crippen LogP contribution in [0.15, 0.2) is 46.9 Å². The number of hydrogen-bond acceptors (Lipinski definition) is 5. The van der Waals surface area contributed by atoms with Crippen LogP contribution in [0.2, 0.25) is 0 Å². The molecule has 0 aliphatic heterocycles. The number of hydrogen-bond donors (Lipinski definition) is 2. The van der Waals surface area contributed by atoms with Gasteiger partial charge < -0.3 is 10.5 Å². The molecule has 1 aromatic carbocycles. The van der Waals surface area contributed by atoms with Gasteiger partial charge in [0.25, 0.3) is 5.91 Å². The van der Waals surface area contributed by atoms with Crippen LogP contribution in [0, 0.1) is 0 Å². The Morgan fingerprint density at radius 1 is 1.26 bits per heavy atom. The van der Waals surface area contributed by atoms with Gasteiger partial charge in [-0.2, -0.15) is 5.10 Å². The van der Waals surface area contributed by atoms with Gasteiger partial charge in [0.15, 0.2) is 6.61 Å². The molecule has 0 spiro atoms. The van der Waals surface area contributed by atoms with Crippen LogP contribution in [0.4, 0.5) is 0 Å². The van der Waals surface area contributed by atoms with Crippen molar-refractivity contribution in [2.24, 2.45) is 10.8 Å². The molecule has 0 aliphatic rings. The topological polar surface area (TPSA) is 93.8 Å². The average Bonchev–Trinajstić information content (AvgIpc) is 3.03. The lowest BCUT2D eigenvalue weighted by molar-refractivity contribution is -0.120. The Hall–Kier alpha value is -2.67. The number of ether oxygens (including phenoxy) is 1. The minimum Gasteiger partial charge on any atom is -0.483 e. The zero-order valence-corrected chi connectivity index (χ0v) is 13.4. The second-order valence-electron chi connectivity index (χ2n) is 4.74. The zero-order chi connectivity index (χ0) is 16.7. The van der Waals surface area contributed by atoms with Gasteiger partial charge >= 0.3 is 0 Å². The fraction of sp³-hybridized carbons (Fsp3) is 0.188. The number of nitrogens with two attached hydrogens (primary N) is 1. The normalized spacial score (nSPS) is 11.1. The van der Waals surface area contributed by atoms with E-state index in [0.717, 1.165) is 4.88 Å². The first kappa shape index (κ1) is 16.7. The summed E-state index contributed by atoms with van der Waals surface area (Å²) in [6.45, 7) is 1.53. The molecule has 2 aromatic rings. The summed E-state index contributed by atoms with van der Waals surface area (Å²) >= 11 is 1.52. The van der Waals surface area contributed by atoms with Gasteiger partial charge in [0.1, 0.15) is 5.75 Å². The van der Waals surface area contributed by atoms with Gasteiger partial charge in [-0.3, -0.25) is 9.59 Å². The van der Waals surface area contributed by atoms with E-state index in [2.05, 4.69) is 10.5 Å². The number of nitrogens with zero attached hydrogens (tertiary/aromatic N) is 1. The molecule has 23 heavy (non-hydrogen) atoms. The molecule has 0 saturated heterocycles. The van der Waals surface area contributed by atoms with Gasteiger partial charge in [-0.25, -0.2) is 5.43 Å². The number of thiophene rings is 1. The van der Waals surface area contributed by atoms with Gasteiger partial charge in [0.2, 0.25) is 5.91 Å². The average molecular weight is 331 g/mol. The van der Waals surface area contributed by atoms with Crippen LogP contribution in [0.25, 0.3) is 0 Å². The highest BCUT2D eigenvalue weighted by Gasteiger charge is 2.09. The lowest BCUT2D eigenvalue weighted by atomic mass is 10.1. The Balaban J connectivity index is 2.02. The van der Waals surface area contributed by atoms with Crippen molar-refractivity contribution in [2.45, 2.75) is 13.3 Å². The molecule has 0 fully saturated rings. The molecule has 0 unspecified atom stereocenters. The largest absolute Gasteiger partial charge is 0.483 e. The van der Waals surface area contributed by atoms with Crippen molar-refractivity contribution in [2.75, 3.05) is 6.61 Å². The van der Waals surface area contributed by atoms with Gasteiger partial charge in [-0.1, -0.05) is 18.2 Å². The fourth-order valence-corrected chi connectivity index (χ4v) is 2.56.